The van der Waals surface area contributed by atoms with Crippen LogP contribution in [0.25, 0.3) is 0 Å². The molecule has 0 spiro atoms. The Labute approximate surface area is 105 Å². The summed E-state index contributed by atoms with van der Waals surface area (Å²) in [5.41, 5.74) is 4.21. The molecule has 0 aromatic carbocycles. The number of aromatic nitrogens is 1. The number of likely N-dealkylation sites (N-methyl/N-ethyl adjacent to an activating group) is 1. The number of hydrogen-bond donors (Lipinski definition) is 1. The average molecular weight is 251 g/mol. The lowest BCUT2D eigenvalue weighted by molar-refractivity contribution is 0.321. The first kappa shape index (κ1) is 12.3. The molecule has 2 heterocycles. The minimum atomic E-state index is 0.862. The van der Waals surface area contributed by atoms with Crippen molar-refractivity contribution in [1.82, 2.24) is 15.2 Å². The summed E-state index contributed by atoms with van der Waals surface area (Å²) < 4.78 is 5.01. The number of thiazole rings is 1. The summed E-state index contributed by atoms with van der Waals surface area (Å²) in [4.78, 5) is 6.53. The number of rotatable bonds is 7. The summed E-state index contributed by atoms with van der Waals surface area (Å²) in [6.45, 7) is 3.75. The molecule has 0 bridgehead atoms. The lowest BCUT2D eigenvalue weighted by Crippen LogP contribution is -2.28. The van der Waals surface area contributed by atoms with Crippen molar-refractivity contribution in [3.05, 3.63) is 40.7 Å². The Kier molecular flexibility index (Phi) is 4.73. The zero-order chi connectivity index (χ0) is 11.9. The van der Waals surface area contributed by atoms with Gasteiger partial charge in [-0.25, -0.2) is 4.98 Å². The normalized spacial score (nSPS) is 11.2. The van der Waals surface area contributed by atoms with E-state index < -0.39 is 0 Å². The van der Waals surface area contributed by atoms with E-state index in [2.05, 4.69) is 27.6 Å². The van der Waals surface area contributed by atoms with Crippen LogP contribution in [-0.2, 0) is 13.1 Å². The molecular weight excluding hydrogens is 234 g/mol. The van der Waals surface area contributed by atoms with E-state index in [4.69, 9.17) is 4.42 Å². The van der Waals surface area contributed by atoms with Gasteiger partial charge in [0.25, 0.3) is 0 Å². The van der Waals surface area contributed by atoms with Gasteiger partial charge in [0.2, 0.25) is 0 Å². The molecule has 2 rings (SSSR count). The predicted molar refractivity (Wildman–Crippen MR) is 68.9 cm³/mol. The van der Waals surface area contributed by atoms with Gasteiger partial charge in [0, 0.05) is 37.1 Å². The fourth-order valence-corrected chi connectivity index (χ4v) is 2.12. The first-order chi connectivity index (χ1) is 8.34. The number of nitrogens with one attached hydrogen (secondary N) is 1. The second-order valence-electron chi connectivity index (χ2n) is 4.03. The monoisotopic (exact) mass is 251 g/mol. The molecule has 0 saturated carbocycles. The molecular formula is C12H17N3OS. The molecule has 2 aromatic rings. The van der Waals surface area contributed by atoms with Gasteiger partial charge in [0.15, 0.2) is 0 Å². The fourth-order valence-electron chi connectivity index (χ4n) is 1.57. The van der Waals surface area contributed by atoms with Crippen molar-refractivity contribution in [1.29, 1.82) is 0 Å². The smallest absolute Gasteiger partial charge is 0.0947 e. The van der Waals surface area contributed by atoms with Crippen LogP contribution >= 0.6 is 11.3 Å². The van der Waals surface area contributed by atoms with Crippen LogP contribution < -0.4 is 5.32 Å². The molecule has 0 unspecified atom stereocenters. The molecule has 5 heteroatoms. The molecule has 92 valence electrons. The van der Waals surface area contributed by atoms with E-state index >= 15 is 0 Å². The van der Waals surface area contributed by atoms with E-state index in [9.17, 15) is 0 Å². The highest BCUT2D eigenvalue weighted by Gasteiger charge is 2.01. The fraction of sp³-hybridized carbons (Fsp3) is 0.417. The average Bonchev–Trinajstić information content (AvgIpc) is 2.96. The summed E-state index contributed by atoms with van der Waals surface area (Å²) in [6, 6.07) is 1.98. The molecule has 2 aromatic heterocycles. The van der Waals surface area contributed by atoms with Crippen molar-refractivity contribution in [2.24, 2.45) is 0 Å². The maximum atomic E-state index is 5.01. The molecule has 0 aliphatic rings. The third-order valence-corrected chi connectivity index (χ3v) is 3.13. The van der Waals surface area contributed by atoms with E-state index in [1.165, 1.54) is 5.56 Å². The van der Waals surface area contributed by atoms with Crippen molar-refractivity contribution < 1.29 is 4.42 Å². The van der Waals surface area contributed by atoms with Gasteiger partial charge in [-0.2, -0.15) is 0 Å². The van der Waals surface area contributed by atoms with Gasteiger partial charge in [-0.1, -0.05) is 0 Å². The van der Waals surface area contributed by atoms with E-state index in [0.717, 1.165) is 31.9 Å². The van der Waals surface area contributed by atoms with Crippen molar-refractivity contribution in [2.45, 2.75) is 13.1 Å². The molecule has 0 atom stereocenters. The minimum Gasteiger partial charge on any atom is -0.472 e. The van der Waals surface area contributed by atoms with Gasteiger partial charge in [0.1, 0.15) is 0 Å². The third-order valence-electron chi connectivity index (χ3n) is 2.49. The van der Waals surface area contributed by atoms with E-state index in [1.54, 1.807) is 23.9 Å². The summed E-state index contributed by atoms with van der Waals surface area (Å²) in [5.74, 6) is 0. The van der Waals surface area contributed by atoms with Gasteiger partial charge in [-0.3, -0.25) is 4.90 Å². The first-order valence-electron chi connectivity index (χ1n) is 5.62. The largest absolute Gasteiger partial charge is 0.472 e. The lowest BCUT2D eigenvalue weighted by atomic mass is 10.3. The standard InChI is InChI=1S/C12H17N3OS/c1-15(7-12-9-17-10-14-12)4-3-13-6-11-2-5-16-8-11/h2,5,8-10,13H,3-4,6-7H2,1H3. The molecule has 1 N–H and O–H groups in total. The minimum absolute atomic E-state index is 0.862. The Morgan fingerprint density at radius 3 is 3.18 bits per heavy atom. The van der Waals surface area contributed by atoms with Gasteiger partial charge in [0.05, 0.1) is 23.7 Å². The Bertz CT molecular complexity index is 399. The van der Waals surface area contributed by atoms with E-state index in [-0.39, 0.29) is 0 Å². The summed E-state index contributed by atoms with van der Waals surface area (Å²) in [6.07, 6.45) is 3.47. The van der Waals surface area contributed by atoms with Crippen molar-refractivity contribution in [2.75, 3.05) is 20.1 Å². The van der Waals surface area contributed by atoms with Gasteiger partial charge >= 0.3 is 0 Å². The molecule has 0 amide bonds. The van der Waals surface area contributed by atoms with Crippen molar-refractivity contribution in [3.8, 4) is 0 Å². The maximum absolute atomic E-state index is 5.01. The third kappa shape index (κ3) is 4.30. The summed E-state index contributed by atoms with van der Waals surface area (Å²) >= 11 is 1.64. The Morgan fingerprint density at radius 1 is 1.53 bits per heavy atom. The summed E-state index contributed by atoms with van der Waals surface area (Å²) in [7, 11) is 2.11. The van der Waals surface area contributed by atoms with E-state index in [0.29, 0.717) is 0 Å². The molecule has 17 heavy (non-hydrogen) atoms. The highest BCUT2D eigenvalue weighted by molar-refractivity contribution is 7.07. The zero-order valence-electron chi connectivity index (χ0n) is 9.93. The maximum Gasteiger partial charge on any atom is 0.0947 e. The molecule has 0 fully saturated rings. The van der Waals surface area contributed by atoms with Crippen LogP contribution in [0.4, 0.5) is 0 Å². The summed E-state index contributed by atoms with van der Waals surface area (Å²) in [5, 5.41) is 5.47. The number of furan rings is 1. The molecule has 0 radical (unpaired) electrons. The topological polar surface area (TPSA) is 41.3 Å². The van der Waals surface area contributed by atoms with Crippen LogP contribution in [0.3, 0.4) is 0 Å². The molecule has 0 aliphatic carbocycles. The predicted octanol–water partition coefficient (Wildman–Crippen LogP) is 1.96. The highest BCUT2D eigenvalue weighted by Crippen LogP contribution is 2.03. The van der Waals surface area contributed by atoms with Crippen LogP contribution in [0, 0.1) is 0 Å². The van der Waals surface area contributed by atoms with Crippen LogP contribution in [0.2, 0.25) is 0 Å². The Hall–Kier alpha value is -1.17. The molecule has 4 nitrogen and oxygen atoms in total. The van der Waals surface area contributed by atoms with Crippen LogP contribution in [0.15, 0.2) is 33.9 Å². The Balaban J connectivity index is 1.58. The molecule has 0 saturated heterocycles. The van der Waals surface area contributed by atoms with Crippen LogP contribution in [0.5, 0.6) is 0 Å². The van der Waals surface area contributed by atoms with Crippen molar-refractivity contribution >= 4 is 11.3 Å². The van der Waals surface area contributed by atoms with Gasteiger partial charge < -0.3 is 9.73 Å². The Morgan fingerprint density at radius 2 is 2.47 bits per heavy atom. The van der Waals surface area contributed by atoms with Crippen LogP contribution in [0.1, 0.15) is 11.3 Å². The lowest BCUT2D eigenvalue weighted by Gasteiger charge is -2.15. The number of nitrogens with zero attached hydrogens (tertiary/aromatic N) is 2. The first-order valence-corrected chi connectivity index (χ1v) is 6.56. The second kappa shape index (κ2) is 6.54. The SMILES string of the molecule is CN(CCNCc1ccoc1)Cc1cscn1. The van der Waals surface area contributed by atoms with Gasteiger partial charge in [-0.05, 0) is 13.1 Å². The zero-order valence-corrected chi connectivity index (χ0v) is 10.7. The number of hydrogen-bond acceptors (Lipinski definition) is 5. The second-order valence-corrected chi connectivity index (χ2v) is 4.74. The van der Waals surface area contributed by atoms with Gasteiger partial charge in [-0.15, -0.1) is 11.3 Å². The van der Waals surface area contributed by atoms with Crippen molar-refractivity contribution in [3.63, 3.8) is 0 Å². The highest BCUT2D eigenvalue weighted by atomic mass is 32.1. The van der Waals surface area contributed by atoms with E-state index in [1.807, 2.05) is 11.6 Å². The van der Waals surface area contributed by atoms with Crippen LogP contribution in [-0.4, -0.2) is 30.0 Å². The quantitative estimate of drug-likeness (QED) is 0.764. The molecule has 0 aliphatic heterocycles.